The summed E-state index contributed by atoms with van der Waals surface area (Å²) in [6.45, 7) is 2.92. The van der Waals surface area contributed by atoms with E-state index in [0.717, 1.165) is 28.7 Å². The number of aromatic nitrogens is 1. The van der Waals surface area contributed by atoms with Crippen LogP contribution in [0.3, 0.4) is 0 Å². The van der Waals surface area contributed by atoms with Gasteiger partial charge < -0.3 is 4.74 Å². The second-order valence-corrected chi connectivity index (χ2v) is 11.7. The molecule has 36 heavy (non-hydrogen) atoms. The van der Waals surface area contributed by atoms with E-state index in [1.165, 1.54) is 39.9 Å². The van der Waals surface area contributed by atoms with Gasteiger partial charge in [-0.05, 0) is 90.4 Å². The molecule has 0 amide bonds. The largest absolute Gasteiger partial charge is 0.497 e. The fourth-order valence-electron chi connectivity index (χ4n) is 4.53. The molecule has 4 rings (SSSR count). The molecule has 0 spiro atoms. The fourth-order valence-corrected chi connectivity index (χ4v) is 6.23. The van der Waals surface area contributed by atoms with E-state index < -0.39 is 10.0 Å². The normalized spacial score (nSPS) is 11.8. The molecular weight excluding hydrogens is 488 g/mol. The quantitative estimate of drug-likeness (QED) is 0.166. The van der Waals surface area contributed by atoms with E-state index in [1.807, 2.05) is 48.5 Å². The third-order valence-electron chi connectivity index (χ3n) is 6.29. The maximum Gasteiger partial charge on any atom is 0.236 e. The molecule has 0 aliphatic carbocycles. The second-order valence-electron chi connectivity index (χ2n) is 8.95. The highest BCUT2D eigenvalue weighted by molar-refractivity contribution is 7.97. The van der Waals surface area contributed by atoms with Crippen molar-refractivity contribution in [3.8, 4) is 17.0 Å². The molecule has 0 aliphatic heterocycles. The van der Waals surface area contributed by atoms with Gasteiger partial charge in [0.2, 0.25) is 10.0 Å². The molecule has 1 heterocycles. The van der Waals surface area contributed by atoms with Crippen molar-refractivity contribution < 1.29 is 13.2 Å². The van der Waals surface area contributed by atoms with Crippen LogP contribution in [-0.4, -0.2) is 32.3 Å². The second kappa shape index (κ2) is 12.0. The monoisotopic (exact) mass is 522 g/mol. The molecule has 3 aromatic carbocycles. The molecular formula is C29H34N2O3S2. The summed E-state index contributed by atoms with van der Waals surface area (Å²) in [5.74, 6) is 0.733. The Morgan fingerprint density at radius 3 is 2.31 bits per heavy atom. The van der Waals surface area contributed by atoms with Crippen molar-refractivity contribution in [3.05, 3.63) is 83.9 Å². The number of aryl methyl sites for hydroxylation is 1. The summed E-state index contributed by atoms with van der Waals surface area (Å²) in [6.07, 6.45) is 6.82. The van der Waals surface area contributed by atoms with Gasteiger partial charge in [-0.3, -0.25) is 4.72 Å². The number of nitrogens with zero attached hydrogens (tertiary/aromatic N) is 1. The number of nitrogens with one attached hydrogen (secondary N) is 1. The molecule has 190 valence electrons. The lowest BCUT2D eigenvalue weighted by Gasteiger charge is -2.12. The van der Waals surface area contributed by atoms with Crippen LogP contribution in [-0.2, 0) is 22.9 Å². The van der Waals surface area contributed by atoms with Crippen molar-refractivity contribution in [2.75, 3.05) is 19.9 Å². The first-order valence-electron chi connectivity index (χ1n) is 12.4. The average molecular weight is 523 g/mol. The molecule has 0 unspecified atom stereocenters. The number of fused-ring (bicyclic) bond motifs is 1. The Hall–Kier alpha value is -2.74. The van der Waals surface area contributed by atoms with Crippen molar-refractivity contribution >= 4 is 32.9 Å². The van der Waals surface area contributed by atoms with Crippen LogP contribution < -0.4 is 9.46 Å². The van der Waals surface area contributed by atoms with E-state index in [9.17, 15) is 8.42 Å². The van der Waals surface area contributed by atoms with Gasteiger partial charge >= 0.3 is 0 Å². The zero-order chi connectivity index (χ0) is 25.5. The molecule has 0 saturated heterocycles. The summed E-state index contributed by atoms with van der Waals surface area (Å²) in [4.78, 5) is 1.17. The van der Waals surface area contributed by atoms with Gasteiger partial charge in [0.25, 0.3) is 0 Å². The minimum atomic E-state index is -3.53. The van der Waals surface area contributed by atoms with Crippen LogP contribution in [0.4, 0.5) is 0 Å². The number of methoxy groups -OCH3 is 1. The molecule has 0 atom stereocenters. The van der Waals surface area contributed by atoms with Crippen molar-refractivity contribution in [2.24, 2.45) is 0 Å². The number of para-hydroxylation sites is 1. The molecule has 5 nitrogen and oxygen atoms in total. The van der Waals surface area contributed by atoms with Gasteiger partial charge in [0.15, 0.2) is 0 Å². The summed E-state index contributed by atoms with van der Waals surface area (Å²) in [7, 11) is -1.91. The van der Waals surface area contributed by atoms with Crippen molar-refractivity contribution in [1.29, 1.82) is 0 Å². The molecule has 4 aromatic rings. The average Bonchev–Trinajstić information content (AvgIpc) is 3.22. The van der Waals surface area contributed by atoms with E-state index >= 15 is 0 Å². The predicted octanol–water partition coefficient (Wildman–Crippen LogP) is 6.70. The van der Waals surface area contributed by atoms with E-state index in [1.54, 1.807) is 19.1 Å². The molecule has 1 aromatic heterocycles. The first kappa shape index (κ1) is 26.3. The van der Waals surface area contributed by atoms with E-state index in [4.69, 9.17) is 4.74 Å². The van der Waals surface area contributed by atoms with Crippen molar-refractivity contribution in [3.63, 3.8) is 0 Å². The first-order valence-corrected chi connectivity index (χ1v) is 15.0. The summed E-state index contributed by atoms with van der Waals surface area (Å²) >= 11 is 1.61. The Bertz CT molecular complexity index is 1390. The number of hydrogen-bond acceptors (Lipinski definition) is 5. The van der Waals surface area contributed by atoms with Gasteiger partial charge in [0.05, 0.1) is 24.6 Å². The standard InChI is InChI=1S/C29H34N2O3S2/c1-4-5-6-9-22-12-18-25(19-13-22)35-30-21-20-27-26-10-7-8-11-28(26)31(36(3,32)33)29(27)23-14-16-24(34-2)17-15-23/h7-8,10-19,30H,4-6,9,20-21H2,1-3H3. The minimum Gasteiger partial charge on any atom is -0.497 e. The highest BCUT2D eigenvalue weighted by atomic mass is 32.2. The Morgan fingerprint density at radius 2 is 1.64 bits per heavy atom. The van der Waals surface area contributed by atoms with E-state index in [-0.39, 0.29) is 0 Å². The zero-order valence-electron chi connectivity index (χ0n) is 21.2. The number of rotatable bonds is 12. The molecule has 0 fully saturated rings. The Morgan fingerprint density at radius 1 is 0.917 bits per heavy atom. The summed E-state index contributed by atoms with van der Waals surface area (Å²) in [6, 6.07) is 24.0. The highest BCUT2D eigenvalue weighted by Crippen LogP contribution is 2.36. The molecule has 0 saturated carbocycles. The maximum atomic E-state index is 12.9. The molecule has 0 bridgehead atoms. The van der Waals surface area contributed by atoms with Crippen molar-refractivity contribution in [1.82, 2.24) is 8.69 Å². The van der Waals surface area contributed by atoms with Crippen LogP contribution in [0.2, 0.25) is 0 Å². The fraction of sp³-hybridized carbons (Fsp3) is 0.310. The molecule has 7 heteroatoms. The Balaban J connectivity index is 1.56. The molecule has 0 aliphatic rings. The smallest absolute Gasteiger partial charge is 0.236 e. The topological polar surface area (TPSA) is 60.3 Å². The molecule has 0 radical (unpaired) electrons. The van der Waals surface area contributed by atoms with Crippen LogP contribution in [0, 0.1) is 0 Å². The van der Waals surface area contributed by atoms with Crippen molar-refractivity contribution in [2.45, 2.75) is 43.9 Å². The summed E-state index contributed by atoms with van der Waals surface area (Å²) in [5, 5.41) is 0.956. The van der Waals surface area contributed by atoms with Gasteiger partial charge in [-0.1, -0.05) is 50.1 Å². The lowest BCUT2D eigenvalue weighted by Crippen LogP contribution is -2.13. The van der Waals surface area contributed by atoms with Gasteiger partial charge in [0.1, 0.15) is 5.75 Å². The maximum absolute atomic E-state index is 12.9. The van der Waals surface area contributed by atoms with Crippen LogP contribution in [0.5, 0.6) is 5.75 Å². The zero-order valence-corrected chi connectivity index (χ0v) is 22.8. The van der Waals surface area contributed by atoms with Gasteiger partial charge in [-0.25, -0.2) is 12.4 Å². The third-order valence-corrected chi connectivity index (χ3v) is 8.19. The number of hydrogen-bond donors (Lipinski definition) is 1. The van der Waals surface area contributed by atoms with E-state index in [2.05, 4.69) is 35.9 Å². The third kappa shape index (κ3) is 6.14. The Labute approximate surface area is 219 Å². The van der Waals surface area contributed by atoms with Crippen LogP contribution >= 0.6 is 11.9 Å². The molecule has 1 N–H and O–H groups in total. The minimum absolute atomic E-state index is 0.687. The highest BCUT2D eigenvalue weighted by Gasteiger charge is 2.23. The number of benzene rings is 3. The van der Waals surface area contributed by atoms with Gasteiger partial charge in [-0.15, -0.1) is 0 Å². The van der Waals surface area contributed by atoms with Gasteiger partial charge in [-0.2, -0.15) is 0 Å². The first-order chi connectivity index (χ1) is 17.4. The number of unbranched alkanes of at least 4 members (excludes halogenated alkanes) is 2. The lowest BCUT2D eigenvalue weighted by molar-refractivity contribution is 0.415. The summed E-state index contributed by atoms with van der Waals surface area (Å²) < 4.78 is 36.1. The van der Waals surface area contributed by atoms with Crippen LogP contribution in [0.25, 0.3) is 22.2 Å². The van der Waals surface area contributed by atoms with Crippen LogP contribution in [0.15, 0.2) is 77.7 Å². The Kier molecular flexibility index (Phi) is 8.77. The SMILES string of the molecule is CCCCCc1ccc(SNCCc2c(-c3ccc(OC)cc3)n(S(C)(=O)=O)c3ccccc23)cc1. The number of ether oxygens (including phenoxy) is 1. The van der Waals surface area contributed by atoms with Crippen LogP contribution in [0.1, 0.15) is 37.3 Å². The van der Waals surface area contributed by atoms with E-state index in [0.29, 0.717) is 24.2 Å². The summed E-state index contributed by atoms with van der Waals surface area (Å²) in [5.41, 5.74) is 4.65. The lowest BCUT2D eigenvalue weighted by atomic mass is 10.0. The predicted molar refractivity (Wildman–Crippen MR) is 151 cm³/mol. The van der Waals surface area contributed by atoms with Gasteiger partial charge in [0, 0.05) is 16.8 Å².